The fourth-order valence-corrected chi connectivity index (χ4v) is 4.29. The second-order valence-electron chi connectivity index (χ2n) is 6.90. The Morgan fingerprint density at radius 3 is 3.00 bits per heavy atom. The van der Waals surface area contributed by atoms with Crippen LogP contribution in [0.2, 0.25) is 0 Å². The first-order valence-electron chi connectivity index (χ1n) is 9.42. The van der Waals surface area contributed by atoms with E-state index in [1.54, 1.807) is 54.0 Å². The predicted octanol–water partition coefficient (Wildman–Crippen LogP) is 2.16. The van der Waals surface area contributed by atoms with Crippen LogP contribution >= 0.6 is 11.8 Å². The van der Waals surface area contributed by atoms with Crippen molar-refractivity contribution in [3.05, 3.63) is 53.3 Å². The number of amides is 1. The van der Waals surface area contributed by atoms with Gasteiger partial charge in [-0.1, -0.05) is 6.07 Å². The number of pyridine rings is 1. The number of aromatic hydroxyl groups is 1. The van der Waals surface area contributed by atoms with E-state index in [9.17, 15) is 19.8 Å². The predicted molar refractivity (Wildman–Crippen MR) is 111 cm³/mol. The second-order valence-corrected chi connectivity index (χ2v) is 8.05. The summed E-state index contributed by atoms with van der Waals surface area (Å²) in [4.78, 5) is 30.5. The molecule has 0 unspecified atom stereocenters. The molecule has 154 valence electrons. The van der Waals surface area contributed by atoms with Crippen LogP contribution in [0, 0.1) is 0 Å². The number of carbonyl (C=O) groups is 2. The SMILES string of the molecule is C[C@@H](O)Cc1ncccc1C(=O)N1CCSC[C@@H]1COc1cccc(O)c1C=O. The molecule has 2 N–H and O–H groups in total. The molecule has 3 rings (SSSR count). The number of benzene rings is 1. The maximum Gasteiger partial charge on any atom is 0.256 e. The highest BCUT2D eigenvalue weighted by Gasteiger charge is 2.30. The first-order valence-corrected chi connectivity index (χ1v) is 10.6. The summed E-state index contributed by atoms with van der Waals surface area (Å²) in [7, 11) is 0. The van der Waals surface area contributed by atoms with Crippen LogP contribution in [-0.2, 0) is 6.42 Å². The molecular formula is C21H24N2O5S. The minimum absolute atomic E-state index is 0.0975. The van der Waals surface area contributed by atoms with Crippen LogP contribution in [0.15, 0.2) is 36.5 Å². The van der Waals surface area contributed by atoms with Crippen LogP contribution in [-0.4, -0.2) is 69.1 Å². The molecule has 1 aromatic heterocycles. The third-order valence-corrected chi connectivity index (χ3v) is 5.78. The van der Waals surface area contributed by atoms with Crippen LogP contribution in [0.25, 0.3) is 0 Å². The van der Waals surface area contributed by atoms with Gasteiger partial charge in [0.05, 0.1) is 29.0 Å². The molecule has 0 aliphatic carbocycles. The number of hydrogen-bond donors (Lipinski definition) is 2. The highest BCUT2D eigenvalue weighted by molar-refractivity contribution is 7.99. The molecule has 2 aromatic rings. The van der Waals surface area contributed by atoms with Crippen LogP contribution in [0.1, 0.15) is 33.3 Å². The van der Waals surface area contributed by atoms with Crippen LogP contribution in [0.3, 0.4) is 0 Å². The van der Waals surface area contributed by atoms with E-state index in [0.717, 1.165) is 5.75 Å². The van der Waals surface area contributed by atoms with Crippen molar-refractivity contribution in [1.82, 2.24) is 9.88 Å². The smallest absolute Gasteiger partial charge is 0.256 e. The van der Waals surface area contributed by atoms with Crippen molar-refractivity contribution in [2.75, 3.05) is 24.7 Å². The molecule has 1 aliphatic rings. The van der Waals surface area contributed by atoms with E-state index in [1.807, 2.05) is 0 Å². The van der Waals surface area contributed by atoms with Gasteiger partial charge in [0.2, 0.25) is 0 Å². The average Bonchev–Trinajstić information content (AvgIpc) is 2.72. The molecule has 2 atom stereocenters. The van der Waals surface area contributed by atoms with Gasteiger partial charge in [0, 0.05) is 30.7 Å². The largest absolute Gasteiger partial charge is 0.507 e. The Labute approximate surface area is 173 Å². The summed E-state index contributed by atoms with van der Waals surface area (Å²) in [6, 6.07) is 7.90. The van der Waals surface area contributed by atoms with Crippen molar-refractivity contribution < 1.29 is 24.5 Å². The molecule has 8 heteroatoms. The van der Waals surface area contributed by atoms with Gasteiger partial charge in [0.15, 0.2) is 6.29 Å². The summed E-state index contributed by atoms with van der Waals surface area (Å²) in [6.07, 6.45) is 1.88. The van der Waals surface area contributed by atoms with E-state index < -0.39 is 6.10 Å². The molecular weight excluding hydrogens is 392 g/mol. The van der Waals surface area contributed by atoms with Crippen LogP contribution in [0.4, 0.5) is 0 Å². The lowest BCUT2D eigenvalue weighted by molar-refractivity contribution is 0.0644. The zero-order valence-electron chi connectivity index (χ0n) is 16.2. The fraction of sp³-hybridized carbons (Fsp3) is 0.381. The molecule has 7 nitrogen and oxygen atoms in total. The Hall–Kier alpha value is -2.58. The summed E-state index contributed by atoms with van der Waals surface area (Å²) in [6.45, 7) is 2.44. The summed E-state index contributed by atoms with van der Waals surface area (Å²) < 4.78 is 5.81. The zero-order valence-corrected chi connectivity index (χ0v) is 17.0. The number of aliphatic hydroxyl groups excluding tert-OH is 1. The minimum Gasteiger partial charge on any atom is -0.507 e. The third kappa shape index (κ3) is 5.07. The topological polar surface area (TPSA) is 100.0 Å². The quantitative estimate of drug-likeness (QED) is 0.667. The van der Waals surface area contributed by atoms with Gasteiger partial charge in [-0.2, -0.15) is 11.8 Å². The van der Waals surface area contributed by atoms with Crippen LogP contribution < -0.4 is 4.74 Å². The molecule has 1 aliphatic heterocycles. The molecule has 1 saturated heterocycles. The number of phenolic OH excluding ortho intramolecular Hbond substituents is 1. The van der Waals surface area contributed by atoms with E-state index in [2.05, 4.69) is 4.98 Å². The molecule has 29 heavy (non-hydrogen) atoms. The normalized spacial score (nSPS) is 17.6. The molecule has 0 radical (unpaired) electrons. The number of ether oxygens (including phenoxy) is 1. The van der Waals surface area contributed by atoms with E-state index in [1.165, 1.54) is 6.07 Å². The maximum atomic E-state index is 13.2. The number of rotatable bonds is 7. The van der Waals surface area contributed by atoms with Crippen molar-refractivity contribution >= 4 is 24.0 Å². The number of hydrogen-bond acceptors (Lipinski definition) is 7. The first kappa shape index (κ1) is 21.1. The zero-order chi connectivity index (χ0) is 20.8. The molecule has 1 fully saturated rings. The Kier molecular flexibility index (Phi) is 7.11. The van der Waals surface area contributed by atoms with Gasteiger partial charge in [-0.15, -0.1) is 0 Å². The van der Waals surface area contributed by atoms with Crippen molar-refractivity contribution in [2.45, 2.75) is 25.5 Å². The lowest BCUT2D eigenvalue weighted by atomic mass is 10.1. The van der Waals surface area contributed by atoms with E-state index >= 15 is 0 Å². The maximum absolute atomic E-state index is 13.2. The van der Waals surface area contributed by atoms with Gasteiger partial charge >= 0.3 is 0 Å². The lowest BCUT2D eigenvalue weighted by Gasteiger charge is -2.35. The van der Waals surface area contributed by atoms with Crippen molar-refractivity contribution in [2.24, 2.45) is 0 Å². The number of aliphatic hydroxyl groups is 1. The van der Waals surface area contributed by atoms with Crippen molar-refractivity contribution in [1.29, 1.82) is 0 Å². The Morgan fingerprint density at radius 2 is 2.24 bits per heavy atom. The van der Waals surface area contributed by atoms with E-state index in [0.29, 0.717) is 42.0 Å². The summed E-state index contributed by atoms with van der Waals surface area (Å²) >= 11 is 1.73. The Bertz CT molecular complexity index is 874. The Balaban J connectivity index is 1.78. The molecule has 1 aromatic carbocycles. The first-order chi connectivity index (χ1) is 14.0. The van der Waals surface area contributed by atoms with Crippen molar-refractivity contribution in [3.8, 4) is 11.5 Å². The van der Waals surface area contributed by atoms with E-state index in [4.69, 9.17) is 4.74 Å². The van der Waals surface area contributed by atoms with Gasteiger partial charge in [-0.3, -0.25) is 14.6 Å². The molecule has 1 amide bonds. The Morgan fingerprint density at radius 1 is 1.41 bits per heavy atom. The molecule has 0 bridgehead atoms. The molecule has 0 saturated carbocycles. The van der Waals surface area contributed by atoms with Gasteiger partial charge in [0.25, 0.3) is 5.91 Å². The van der Waals surface area contributed by atoms with Gasteiger partial charge in [-0.05, 0) is 31.2 Å². The number of carbonyl (C=O) groups excluding carboxylic acids is 2. The van der Waals surface area contributed by atoms with Crippen LogP contribution in [0.5, 0.6) is 11.5 Å². The molecule has 2 heterocycles. The lowest BCUT2D eigenvalue weighted by Crippen LogP contribution is -2.49. The fourth-order valence-electron chi connectivity index (χ4n) is 3.25. The van der Waals surface area contributed by atoms with Crippen molar-refractivity contribution in [3.63, 3.8) is 0 Å². The van der Waals surface area contributed by atoms with E-state index in [-0.39, 0.29) is 29.9 Å². The number of nitrogens with zero attached hydrogens (tertiary/aromatic N) is 2. The average molecular weight is 416 g/mol. The highest BCUT2D eigenvalue weighted by atomic mass is 32.2. The standard InChI is InChI=1S/C21H24N2O5S/c1-14(25)10-18-16(4-3-7-22-18)21(27)23-8-9-29-13-15(23)12-28-20-6-2-5-19(26)17(20)11-24/h2-7,11,14-15,25-26H,8-10,12-13H2,1H3/t14-,15+/m1/s1. The number of phenols is 1. The summed E-state index contributed by atoms with van der Waals surface area (Å²) in [5.41, 5.74) is 1.15. The monoisotopic (exact) mass is 416 g/mol. The highest BCUT2D eigenvalue weighted by Crippen LogP contribution is 2.27. The summed E-state index contributed by atoms with van der Waals surface area (Å²) in [5, 5.41) is 19.5. The summed E-state index contributed by atoms with van der Waals surface area (Å²) in [5.74, 6) is 1.53. The van der Waals surface area contributed by atoms with Gasteiger partial charge < -0.3 is 19.8 Å². The number of aromatic nitrogens is 1. The molecule has 0 spiro atoms. The van der Waals surface area contributed by atoms with Gasteiger partial charge in [-0.25, -0.2) is 0 Å². The second kappa shape index (κ2) is 9.76. The van der Waals surface area contributed by atoms with Gasteiger partial charge in [0.1, 0.15) is 18.1 Å². The minimum atomic E-state index is -0.597. The third-order valence-electron chi connectivity index (χ3n) is 4.69. The number of thioether (sulfide) groups is 1. The number of aldehydes is 1.